The molecular formula is C11H18N2O3. The highest BCUT2D eigenvalue weighted by molar-refractivity contribution is 5.84. The van der Waals surface area contributed by atoms with E-state index in [0.29, 0.717) is 19.4 Å². The molecule has 0 aromatic heterocycles. The Kier molecular flexibility index (Phi) is 3.43. The summed E-state index contributed by atoms with van der Waals surface area (Å²) in [4.78, 5) is 24.4. The minimum Gasteiger partial charge on any atom is -0.480 e. The summed E-state index contributed by atoms with van der Waals surface area (Å²) in [5.74, 6) is -0.880. The average Bonchev–Trinajstić information content (AvgIpc) is 2.86. The monoisotopic (exact) mass is 226 g/mol. The lowest BCUT2D eigenvalue weighted by atomic mass is 10.1. The van der Waals surface area contributed by atoms with Gasteiger partial charge in [0, 0.05) is 19.0 Å². The Labute approximate surface area is 94.8 Å². The maximum atomic E-state index is 11.9. The lowest BCUT2D eigenvalue weighted by molar-refractivity contribution is -0.148. The van der Waals surface area contributed by atoms with Crippen molar-refractivity contribution in [2.45, 2.75) is 44.2 Å². The Hall–Kier alpha value is -1.10. The zero-order chi connectivity index (χ0) is 11.5. The number of likely N-dealkylation sites (tertiary alicyclic amines) is 1. The highest BCUT2D eigenvalue weighted by Crippen LogP contribution is 2.20. The molecule has 0 saturated carbocycles. The van der Waals surface area contributed by atoms with E-state index in [1.165, 1.54) is 4.90 Å². The molecule has 16 heavy (non-hydrogen) atoms. The van der Waals surface area contributed by atoms with E-state index in [2.05, 4.69) is 5.32 Å². The maximum Gasteiger partial charge on any atom is 0.326 e. The Morgan fingerprint density at radius 1 is 1.31 bits per heavy atom. The predicted molar refractivity (Wildman–Crippen MR) is 58.0 cm³/mol. The van der Waals surface area contributed by atoms with Gasteiger partial charge in [-0.15, -0.1) is 0 Å². The largest absolute Gasteiger partial charge is 0.480 e. The van der Waals surface area contributed by atoms with E-state index in [9.17, 15) is 9.59 Å². The second-order valence-corrected chi connectivity index (χ2v) is 4.58. The number of amides is 1. The van der Waals surface area contributed by atoms with Crippen molar-refractivity contribution in [2.75, 3.05) is 13.1 Å². The molecular weight excluding hydrogens is 208 g/mol. The lowest BCUT2D eigenvalue weighted by Gasteiger charge is -2.23. The van der Waals surface area contributed by atoms with Crippen LogP contribution in [0.4, 0.5) is 0 Å². The Morgan fingerprint density at radius 2 is 2.12 bits per heavy atom. The zero-order valence-corrected chi connectivity index (χ0v) is 9.32. The molecule has 5 nitrogen and oxygen atoms in total. The summed E-state index contributed by atoms with van der Waals surface area (Å²) in [5, 5.41) is 12.2. The number of carbonyl (C=O) groups excluding carboxylic acids is 1. The molecule has 2 fully saturated rings. The van der Waals surface area contributed by atoms with Crippen LogP contribution >= 0.6 is 0 Å². The second-order valence-electron chi connectivity index (χ2n) is 4.58. The third kappa shape index (κ3) is 2.35. The van der Waals surface area contributed by atoms with Crippen molar-refractivity contribution in [3.63, 3.8) is 0 Å². The molecule has 2 aliphatic rings. The molecule has 1 amide bonds. The first-order chi connectivity index (χ1) is 7.68. The van der Waals surface area contributed by atoms with Crippen molar-refractivity contribution in [3.8, 4) is 0 Å². The first-order valence-electron chi connectivity index (χ1n) is 5.94. The van der Waals surface area contributed by atoms with Crippen LogP contribution in [0.3, 0.4) is 0 Å². The minimum atomic E-state index is -0.870. The number of hydrogen-bond donors (Lipinski definition) is 2. The molecule has 1 unspecified atom stereocenters. The lowest BCUT2D eigenvalue weighted by Crippen LogP contribution is -2.42. The molecule has 2 N–H and O–H groups in total. The summed E-state index contributed by atoms with van der Waals surface area (Å²) in [5.41, 5.74) is 0. The van der Waals surface area contributed by atoms with Crippen LogP contribution < -0.4 is 5.32 Å². The van der Waals surface area contributed by atoms with Gasteiger partial charge in [0.05, 0.1) is 0 Å². The van der Waals surface area contributed by atoms with E-state index >= 15 is 0 Å². The van der Waals surface area contributed by atoms with E-state index in [4.69, 9.17) is 5.11 Å². The molecule has 0 spiro atoms. The molecule has 0 aromatic rings. The van der Waals surface area contributed by atoms with Crippen molar-refractivity contribution < 1.29 is 14.7 Å². The topological polar surface area (TPSA) is 69.6 Å². The van der Waals surface area contributed by atoms with E-state index < -0.39 is 12.0 Å². The van der Waals surface area contributed by atoms with Gasteiger partial charge in [0.1, 0.15) is 6.04 Å². The molecule has 2 heterocycles. The Morgan fingerprint density at radius 3 is 2.75 bits per heavy atom. The normalized spacial score (nSPS) is 29.6. The molecule has 2 aliphatic heterocycles. The van der Waals surface area contributed by atoms with Crippen LogP contribution in [0.5, 0.6) is 0 Å². The fourth-order valence-corrected chi connectivity index (χ4v) is 2.58. The van der Waals surface area contributed by atoms with Gasteiger partial charge in [-0.1, -0.05) is 0 Å². The maximum absolute atomic E-state index is 11.9. The van der Waals surface area contributed by atoms with Crippen LogP contribution in [0.25, 0.3) is 0 Å². The summed E-state index contributed by atoms with van der Waals surface area (Å²) in [6.07, 6.45) is 3.99. The molecule has 0 aliphatic carbocycles. The summed E-state index contributed by atoms with van der Waals surface area (Å²) < 4.78 is 0. The van der Waals surface area contributed by atoms with Crippen molar-refractivity contribution in [3.05, 3.63) is 0 Å². The van der Waals surface area contributed by atoms with Crippen molar-refractivity contribution in [1.82, 2.24) is 10.2 Å². The summed E-state index contributed by atoms with van der Waals surface area (Å²) in [6.45, 7) is 1.57. The summed E-state index contributed by atoms with van der Waals surface area (Å²) in [7, 11) is 0. The van der Waals surface area contributed by atoms with Crippen LogP contribution in [0.2, 0.25) is 0 Å². The third-order valence-electron chi connectivity index (χ3n) is 3.44. The van der Waals surface area contributed by atoms with E-state index in [-0.39, 0.29) is 11.9 Å². The molecule has 2 atom stereocenters. The molecule has 2 saturated heterocycles. The number of carboxylic acids is 1. The van der Waals surface area contributed by atoms with E-state index in [1.54, 1.807) is 0 Å². The van der Waals surface area contributed by atoms with Crippen LogP contribution in [-0.2, 0) is 9.59 Å². The number of carboxylic acid groups (broad SMARTS) is 1. The van der Waals surface area contributed by atoms with Crippen LogP contribution in [0.15, 0.2) is 0 Å². The smallest absolute Gasteiger partial charge is 0.326 e. The number of aliphatic carboxylic acids is 1. The standard InChI is InChI=1S/C11H18N2O3/c14-10(7-8-3-1-5-12-8)13-6-2-4-9(13)11(15)16/h8-9,12H,1-7H2,(H,15,16)/t8?,9-/m1/s1. The van der Waals surface area contributed by atoms with Gasteiger partial charge in [0.2, 0.25) is 5.91 Å². The van der Waals surface area contributed by atoms with Gasteiger partial charge in [0.25, 0.3) is 0 Å². The molecule has 2 rings (SSSR count). The van der Waals surface area contributed by atoms with Crippen molar-refractivity contribution >= 4 is 11.9 Å². The average molecular weight is 226 g/mol. The van der Waals surface area contributed by atoms with Gasteiger partial charge in [-0.25, -0.2) is 4.79 Å². The molecule has 5 heteroatoms. The molecule has 0 radical (unpaired) electrons. The quantitative estimate of drug-likeness (QED) is 0.721. The molecule has 0 bridgehead atoms. The van der Waals surface area contributed by atoms with E-state index in [0.717, 1.165) is 25.8 Å². The number of nitrogens with zero attached hydrogens (tertiary/aromatic N) is 1. The third-order valence-corrected chi connectivity index (χ3v) is 3.44. The van der Waals surface area contributed by atoms with Crippen LogP contribution in [0, 0.1) is 0 Å². The fourth-order valence-electron chi connectivity index (χ4n) is 2.58. The zero-order valence-electron chi connectivity index (χ0n) is 9.32. The van der Waals surface area contributed by atoms with Gasteiger partial charge in [0.15, 0.2) is 0 Å². The number of carbonyl (C=O) groups is 2. The first-order valence-corrected chi connectivity index (χ1v) is 5.94. The second kappa shape index (κ2) is 4.82. The minimum absolute atomic E-state index is 0.00991. The highest BCUT2D eigenvalue weighted by Gasteiger charge is 2.34. The van der Waals surface area contributed by atoms with Gasteiger partial charge in [-0.3, -0.25) is 4.79 Å². The van der Waals surface area contributed by atoms with Crippen molar-refractivity contribution in [2.24, 2.45) is 0 Å². The molecule has 0 aromatic carbocycles. The molecule has 90 valence electrons. The van der Waals surface area contributed by atoms with Crippen LogP contribution in [-0.4, -0.2) is 47.1 Å². The summed E-state index contributed by atoms with van der Waals surface area (Å²) in [6, 6.07) is -0.337. The van der Waals surface area contributed by atoms with Gasteiger partial charge >= 0.3 is 5.97 Å². The number of hydrogen-bond acceptors (Lipinski definition) is 3. The number of nitrogens with one attached hydrogen (secondary N) is 1. The Bertz CT molecular complexity index is 287. The van der Waals surface area contributed by atoms with Crippen LogP contribution in [0.1, 0.15) is 32.1 Å². The SMILES string of the molecule is O=C(O)[C@H]1CCCN1C(=O)CC1CCCN1. The highest BCUT2D eigenvalue weighted by atomic mass is 16.4. The van der Waals surface area contributed by atoms with Gasteiger partial charge < -0.3 is 15.3 Å². The Balaban J connectivity index is 1.90. The van der Waals surface area contributed by atoms with Gasteiger partial charge in [-0.2, -0.15) is 0 Å². The van der Waals surface area contributed by atoms with E-state index in [1.807, 2.05) is 0 Å². The first kappa shape index (κ1) is 11.4. The predicted octanol–water partition coefficient (Wildman–Crippen LogP) is 0.204. The number of rotatable bonds is 3. The fraction of sp³-hybridized carbons (Fsp3) is 0.818. The van der Waals surface area contributed by atoms with Crippen molar-refractivity contribution in [1.29, 1.82) is 0 Å². The van der Waals surface area contributed by atoms with Gasteiger partial charge in [-0.05, 0) is 32.2 Å². The summed E-state index contributed by atoms with van der Waals surface area (Å²) >= 11 is 0.